The predicted molar refractivity (Wildman–Crippen MR) is 77.1 cm³/mol. The minimum atomic E-state index is -1.58. The van der Waals surface area contributed by atoms with Crippen molar-refractivity contribution in [3.05, 3.63) is 58.1 Å². The second kappa shape index (κ2) is 6.30. The number of rotatable bonds is 4. The SMILES string of the molecule is OB(O)c1ccccc1OCc1cccc(Cl)c1Cl. The molecule has 2 rings (SSSR count). The van der Waals surface area contributed by atoms with E-state index in [1.807, 2.05) is 0 Å². The molecule has 0 atom stereocenters. The van der Waals surface area contributed by atoms with Crippen LogP contribution in [0.5, 0.6) is 5.75 Å². The lowest BCUT2D eigenvalue weighted by atomic mass is 9.79. The quantitative estimate of drug-likeness (QED) is 0.851. The van der Waals surface area contributed by atoms with Crippen LogP contribution >= 0.6 is 23.2 Å². The Kier molecular flexibility index (Phi) is 4.72. The van der Waals surface area contributed by atoms with Gasteiger partial charge in [-0.3, -0.25) is 0 Å². The first-order valence-corrected chi connectivity index (χ1v) is 6.36. The van der Waals surface area contributed by atoms with E-state index in [0.717, 1.165) is 5.56 Å². The molecule has 0 aliphatic carbocycles. The minimum Gasteiger partial charge on any atom is -0.489 e. The third-order valence-corrected chi connectivity index (χ3v) is 3.47. The normalized spacial score (nSPS) is 10.3. The summed E-state index contributed by atoms with van der Waals surface area (Å²) in [4.78, 5) is 0. The van der Waals surface area contributed by atoms with Crippen LogP contribution in [0.25, 0.3) is 0 Å². The van der Waals surface area contributed by atoms with Gasteiger partial charge in [-0.2, -0.15) is 0 Å². The molecule has 2 aromatic carbocycles. The maximum Gasteiger partial charge on any atom is 0.492 e. The van der Waals surface area contributed by atoms with Gasteiger partial charge in [0.25, 0.3) is 0 Å². The van der Waals surface area contributed by atoms with Gasteiger partial charge in [0, 0.05) is 11.0 Å². The Morgan fingerprint density at radius 1 is 1.00 bits per heavy atom. The molecule has 0 aliphatic rings. The van der Waals surface area contributed by atoms with Crippen LogP contribution in [0, 0.1) is 0 Å². The van der Waals surface area contributed by atoms with E-state index in [0.29, 0.717) is 21.3 Å². The Morgan fingerprint density at radius 2 is 1.74 bits per heavy atom. The van der Waals surface area contributed by atoms with E-state index in [1.54, 1.807) is 42.5 Å². The maximum absolute atomic E-state index is 9.23. The van der Waals surface area contributed by atoms with E-state index in [2.05, 4.69) is 0 Å². The third kappa shape index (κ3) is 3.42. The molecule has 0 bridgehead atoms. The van der Waals surface area contributed by atoms with E-state index in [9.17, 15) is 10.0 Å². The number of ether oxygens (including phenoxy) is 1. The zero-order chi connectivity index (χ0) is 13.8. The highest BCUT2D eigenvalue weighted by Gasteiger charge is 2.16. The summed E-state index contributed by atoms with van der Waals surface area (Å²) in [6, 6.07) is 12.0. The average Bonchev–Trinajstić information content (AvgIpc) is 2.40. The van der Waals surface area contributed by atoms with Crippen LogP contribution in [-0.2, 0) is 6.61 Å². The second-order valence-electron chi connectivity index (χ2n) is 3.91. The Bertz CT molecular complexity index is 576. The highest BCUT2D eigenvalue weighted by molar-refractivity contribution is 6.59. The highest BCUT2D eigenvalue weighted by atomic mass is 35.5. The number of benzene rings is 2. The van der Waals surface area contributed by atoms with Crippen LogP contribution < -0.4 is 10.2 Å². The Labute approximate surface area is 121 Å². The minimum absolute atomic E-state index is 0.198. The van der Waals surface area contributed by atoms with Gasteiger partial charge in [-0.15, -0.1) is 0 Å². The lowest BCUT2D eigenvalue weighted by molar-refractivity contribution is 0.307. The molecule has 6 heteroatoms. The molecule has 0 fully saturated rings. The van der Waals surface area contributed by atoms with Gasteiger partial charge in [0.05, 0.1) is 10.0 Å². The highest BCUT2D eigenvalue weighted by Crippen LogP contribution is 2.26. The fraction of sp³-hybridized carbons (Fsp3) is 0.0769. The predicted octanol–water partition coefficient (Wildman–Crippen LogP) is 2.25. The zero-order valence-electron chi connectivity index (χ0n) is 9.88. The first kappa shape index (κ1) is 14.2. The Morgan fingerprint density at radius 3 is 2.47 bits per heavy atom. The summed E-state index contributed by atoms with van der Waals surface area (Å²) in [6.07, 6.45) is 0. The monoisotopic (exact) mass is 296 g/mol. The summed E-state index contributed by atoms with van der Waals surface area (Å²) >= 11 is 12.0. The van der Waals surface area contributed by atoms with Crippen molar-refractivity contribution in [2.75, 3.05) is 0 Å². The van der Waals surface area contributed by atoms with E-state index in [4.69, 9.17) is 27.9 Å². The molecule has 0 heterocycles. The lowest BCUT2D eigenvalue weighted by Crippen LogP contribution is -2.31. The van der Waals surface area contributed by atoms with Crippen LogP contribution in [0.15, 0.2) is 42.5 Å². The molecule has 2 aromatic rings. The fourth-order valence-electron chi connectivity index (χ4n) is 1.64. The van der Waals surface area contributed by atoms with Crippen LogP contribution in [0.2, 0.25) is 10.0 Å². The van der Waals surface area contributed by atoms with E-state index in [-0.39, 0.29) is 6.61 Å². The van der Waals surface area contributed by atoms with Gasteiger partial charge in [-0.05, 0) is 12.1 Å². The van der Waals surface area contributed by atoms with Crippen molar-refractivity contribution in [1.82, 2.24) is 0 Å². The molecule has 98 valence electrons. The van der Waals surface area contributed by atoms with Crippen LogP contribution in [0.3, 0.4) is 0 Å². The Hall–Kier alpha value is -1.20. The molecule has 19 heavy (non-hydrogen) atoms. The molecule has 0 spiro atoms. The van der Waals surface area contributed by atoms with Gasteiger partial charge in [-0.25, -0.2) is 0 Å². The van der Waals surface area contributed by atoms with Gasteiger partial charge in [0.1, 0.15) is 12.4 Å². The first-order valence-electron chi connectivity index (χ1n) is 5.60. The van der Waals surface area contributed by atoms with Gasteiger partial charge in [-0.1, -0.05) is 53.5 Å². The van der Waals surface area contributed by atoms with E-state index < -0.39 is 7.12 Å². The summed E-state index contributed by atoms with van der Waals surface area (Å²) in [5.41, 5.74) is 1.04. The van der Waals surface area contributed by atoms with Crippen molar-refractivity contribution < 1.29 is 14.8 Å². The molecule has 0 saturated carbocycles. The van der Waals surface area contributed by atoms with Gasteiger partial charge in [0.15, 0.2) is 0 Å². The number of para-hydroxylation sites is 1. The van der Waals surface area contributed by atoms with Crippen LogP contribution in [-0.4, -0.2) is 17.2 Å². The van der Waals surface area contributed by atoms with E-state index >= 15 is 0 Å². The lowest BCUT2D eigenvalue weighted by Gasteiger charge is -2.12. The first-order chi connectivity index (χ1) is 9.09. The Balaban J connectivity index is 2.17. The van der Waals surface area contributed by atoms with Gasteiger partial charge in [0.2, 0.25) is 0 Å². The van der Waals surface area contributed by atoms with Gasteiger partial charge < -0.3 is 14.8 Å². The number of hydrogen-bond acceptors (Lipinski definition) is 3. The topological polar surface area (TPSA) is 49.7 Å². The average molecular weight is 297 g/mol. The van der Waals surface area contributed by atoms with Crippen LogP contribution in [0.1, 0.15) is 5.56 Å². The van der Waals surface area contributed by atoms with Crippen molar-refractivity contribution in [2.24, 2.45) is 0 Å². The van der Waals surface area contributed by atoms with Crippen LogP contribution in [0.4, 0.5) is 0 Å². The molecule has 0 aromatic heterocycles. The molecule has 0 radical (unpaired) electrons. The standard InChI is InChI=1S/C13H11BCl2O3/c15-11-6-3-4-9(13(11)16)8-19-12-7-2-1-5-10(12)14(17)18/h1-7,17-18H,8H2. The molecule has 0 amide bonds. The van der Waals surface area contributed by atoms with Crippen molar-refractivity contribution >= 4 is 35.8 Å². The summed E-state index contributed by atoms with van der Waals surface area (Å²) < 4.78 is 5.56. The smallest absolute Gasteiger partial charge is 0.489 e. The van der Waals surface area contributed by atoms with E-state index in [1.165, 1.54) is 0 Å². The van der Waals surface area contributed by atoms with Gasteiger partial charge >= 0.3 is 7.12 Å². The molecular weight excluding hydrogens is 286 g/mol. The summed E-state index contributed by atoms with van der Waals surface area (Å²) in [5.74, 6) is 0.397. The maximum atomic E-state index is 9.23. The number of hydrogen-bond donors (Lipinski definition) is 2. The number of halogens is 2. The molecule has 0 unspecified atom stereocenters. The second-order valence-corrected chi connectivity index (χ2v) is 4.70. The third-order valence-electron chi connectivity index (χ3n) is 2.61. The summed E-state index contributed by atoms with van der Waals surface area (Å²) in [6.45, 7) is 0.198. The molecule has 2 N–H and O–H groups in total. The molecular formula is C13H11BCl2O3. The largest absolute Gasteiger partial charge is 0.492 e. The summed E-state index contributed by atoms with van der Waals surface area (Å²) in [5, 5.41) is 19.4. The summed E-state index contributed by atoms with van der Waals surface area (Å²) in [7, 11) is -1.58. The van der Waals surface area contributed by atoms with Crippen molar-refractivity contribution in [2.45, 2.75) is 6.61 Å². The molecule has 3 nitrogen and oxygen atoms in total. The van der Waals surface area contributed by atoms with Crippen molar-refractivity contribution in [1.29, 1.82) is 0 Å². The molecule has 0 aliphatic heterocycles. The fourth-order valence-corrected chi connectivity index (χ4v) is 2.02. The van der Waals surface area contributed by atoms with Crippen molar-refractivity contribution in [3.8, 4) is 5.75 Å². The molecule has 0 saturated heterocycles. The van der Waals surface area contributed by atoms with Crippen molar-refractivity contribution in [3.63, 3.8) is 0 Å². The zero-order valence-corrected chi connectivity index (χ0v) is 11.4.